The molecule has 2 saturated carbocycles. The molecule has 156 valence electrons. The third-order valence-electron chi connectivity index (χ3n) is 5.93. The minimum absolute atomic E-state index is 0.0105. The first-order valence-corrected chi connectivity index (χ1v) is 10.4. The summed E-state index contributed by atoms with van der Waals surface area (Å²) in [5.74, 6) is 6.09. The first-order valence-electron chi connectivity index (χ1n) is 11.4. The summed E-state index contributed by atoms with van der Waals surface area (Å²) < 4.78 is 21.0. The standard InChI is InChI=1S/C24H36O4/c1-4-6-9-17(3)22(25)13-12-20-21-15-18(14-19(21)16-23(20)26)10-7-8-11-24(27)28-5-2/h10,12-13,17,19-23,25-26H,5,7-9,11,14-16H2,1-3H3/b13-12+,18-10+/t17?,19-,20+,21-,22+,23+/m0/s1/i8D2. The molecule has 2 rings (SSSR count). The number of allylic oxidation sites excluding steroid dienone is 2. The Morgan fingerprint density at radius 2 is 2.25 bits per heavy atom. The van der Waals surface area contributed by atoms with Crippen molar-refractivity contribution in [2.75, 3.05) is 6.61 Å². The van der Waals surface area contributed by atoms with Gasteiger partial charge in [-0.3, -0.25) is 4.79 Å². The molecule has 0 saturated heterocycles. The fourth-order valence-corrected chi connectivity index (χ4v) is 4.36. The van der Waals surface area contributed by atoms with Gasteiger partial charge in [-0.05, 0) is 63.7 Å². The van der Waals surface area contributed by atoms with E-state index in [0.29, 0.717) is 18.3 Å². The van der Waals surface area contributed by atoms with Gasteiger partial charge >= 0.3 is 5.97 Å². The molecule has 0 aromatic rings. The highest BCUT2D eigenvalue weighted by Crippen LogP contribution is 2.50. The van der Waals surface area contributed by atoms with Crippen molar-refractivity contribution >= 4 is 5.97 Å². The van der Waals surface area contributed by atoms with Gasteiger partial charge in [0, 0.05) is 21.5 Å². The van der Waals surface area contributed by atoms with Gasteiger partial charge < -0.3 is 14.9 Å². The maximum atomic E-state index is 11.6. The van der Waals surface area contributed by atoms with Crippen molar-refractivity contribution in [1.29, 1.82) is 0 Å². The van der Waals surface area contributed by atoms with Crippen molar-refractivity contribution in [3.05, 3.63) is 23.8 Å². The van der Waals surface area contributed by atoms with Gasteiger partial charge in [-0.25, -0.2) is 0 Å². The van der Waals surface area contributed by atoms with E-state index in [2.05, 4.69) is 11.8 Å². The van der Waals surface area contributed by atoms with Crippen molar-refractivity contribution < 1.29 is 22.5 Å². The molecule has 0 radical (unpaired) electrons. The molecule has 2 N–H and O–H groups in total. The molecule has 6 atom stereocenters. The Kier molecular flexibility index (Phi) is 8.06. The van der Waals surface area contributed by atoms with E-state index in [9.17, 15) is 15.0 Å². The van der Waals surface area contributed by atoms with Crippen molar-refractivity contribution in [3.8, 4) is 11.8 Å². The third kappa shape index (κ3) is 6.50. The number of aliphatic hydroxyl groups is 2. The van der Waals surface area contributed by atoms with Crippen molar-refractivity contribution in [3.63, 3.8) is 0 Å². The van der Waals surface area contributed by atoms with Gasteiger partial charge in [0.15, 0.2) is 0 Å². The summed E-state index contributed by atoms with van der Waals surface area (Å²) in [6.45, 7) is 5.73. The molecule has 1 unspecified atom stereocenters. The molecular formula is C24H36O4. The molecular weight excluding hydrogens is 352 g/mol. The maximum Gasteiger partial charge on any atom is 0.305 e. The zero-order valence-electron chi connectivity index (χ0n) is 19.4. The largest absolute Gasteiger partial charge is 0.466 e. The van der Waals surface area contributed by atoms with Gasteiger partial charge in [-0.1, -0.05) is 30.7 Å². The van der Waals surface area contributed by atoms with Crippen LogP contribution in [0.3, 0.4) is 0 Å². The van der Waals surface area contributed by atoms with Gasteiger partial charge in [-0.2, -0.15) is 0 Å². The summed E-state index contributed by atoms with van der Waals surface area (Å²) in [7, 11) is 0. The molecule has 4 heteroatoms. The lowest BCUT2D eigenvalue weighted by Crippen LogP contribution is -2.19. The van der Waals surface area contributed by atoms with Crippen LogP contribution in [0.25, 0.3) is 0 Å². The number of carbonyl (C=O) groups is 1. The number of carbonyl (C=O) groups excluding carboxylic acids is 1. The fourth-order valence-electron chi connectivity index (χ4n) is 4.36. The summed E-state index contributed by atoms with van der Waals surface area (Å²) in [4.78, 5) is 11.6. The Hall–Kier alpha value is -1.57. The van der Waals surface area contributed by atoms with Gasteiger partial charge in [0.1, 0.15) is 0 Å². The highest BCUT2D eigenvalue weighted by molar-refractivity contribution is 5.69. The van der Waals surface area contributed by atoms with Crippen molar-refractivity contribution in [2.45, 2.75) is 77.9 Å². The second kappa shape index (κ2) is 11.4. The molecule has 0 aliphatic heterocycles. The average molecular weight is 391 g/mol. The molecule has 2 aliphatic rings. The van der Waals surface area contributed by atoms with Crippen LogP contribution >= 0.6 is 0 Å². The molecule has 0 aromatic carbocycles. The Balaban J connectivity index is 1.94. The molecule has 0 amide bonds. The highest BCUT2D eigenvalue weighted by Gasteiger charge is 2.44. The SMILES string of the molecule is [2H]C([2H])(C/C=C1\C[C@H]2C[C@@H](O)[C@H](/C=C/[C@@H](O)C(C)CC#CC)[C@H]2C1)CC(=O)OCC. The van der Waals surface area contributed by atoms with E-state index < -0.39 is 24.6 Å². The molecule has 0 aromatic heterocycles. The molecule has 0 bridgehead atoms. The summed E-state index contributed by atoms with van der Waals surface area (Å²) in [5, 5.41) is 20.8. The predicted molar refractivity (Wildman–Crippen MR) is 111 cm³/mol. The van der Waals surface area contributed by atoms with E-state index in [1.54, 1.807) is 19.9 Å². The van der Waals surface area contributed by atoms with E-state index in [1.165, 1.54) is 5.57 Å². The van der Waals surface area contributed by atoms with Crippen LogP contribution < -0.4 is 0 Å². The van der Waals surface area contributed by atoms with Crippen LogP contribution in [0.5, 0.6) is 0 Å². The third-order valence-corrected chi connectivity index (χ3v) is 5.93. The topological polar surface area (TPSA) is 66.8 Å². The van der Waals surface area contributed by atoms with Gasteiger partial charge in [0.2, 0.25) is 0 Å². The number of fused-ring (bicyclic) bond motifs is 1. The first kappa shape index (κ1) is 19.7. The van der Waals surface area contributed by atoms with Crippen LogP contribution in [0.4, 0.5) is 0 Å². The van der Waals surface area contributed by atoms with Crippen LogP contribution in [-0.4, -0.2) is 35.0 Å². The van der Waals surface area contributed by atoms with Crippen LogP contribution in [0.15, 0.2) is 23.8 Å². The Bertz CT molecular complexity index is 704. The first-order chi connectivity index (χ1) is 14.2. The second-order valence-electron chi connectivity index (χ2n) is 7.99. The van der Waals surface area contributed by atoms with E-state index >= 15 is 0 Å². The van der Waals surface area contributed by atoms with Crippen molar-refractivity contribution in [1.82, 2.24) is 0 Å². The molecule has 28 heavy (non-hydrogen) atoms. The lowest BCUT2D eigenvalue weighted by molar-refractivity contribution is -0.143. The zero-order valence-corrected chi connectivity index (χ0v) is 17.4. The number of aliphatic hydroxyl groups excluding tert-OH is 2. The lowest BCUT2D eigenvalue weighted by atomic mass is 9.89. The van der Waals surface area contributed by atoms with Gasteiger partial charge in [0.25, 0.3) is 0 Å². The normalized spacial score (nSPS) is 31.7. The summed E-state index contributed by atoms with van der Waals surface area (Å²) in [6, 6.07) is 0. The molecule has 2 aliphatic carbocycles. The lowest BCUT2D eigenvalue weighted by Gasteiger charge is -2.19. The second-order valence-corrected chi connectivity index (χ2v) is 7.99. The quantitative estimate of drug-likeness (QED) is 0.354. The Morgan fingerprint density at radius 3 is 2.96 bits per heavy atom. The van der Waals surface area contributed by atoms with Crippen LogP contribution in [0.2, 0.25) is 0 Å². The molecule has 2 fully saturated rings. The number of hydrogen-bond donors (Lipinski definition) is 2. The maximum absolute atomic E-state index is 11.6. The van der Waals surface area contributed by atoms with Crippen LogP contribution in [0, 0.1) is 35.5 Å². The summed E-state index contributed by atoms with van der Waals surface area (Å²) >= 11 is 0. The Labute approximate surface area is 172 Å². The molecule has 0 heterocycles. The average Bonchev–Trinajstić information content (AvgIpc) is 3.19. The number of ether oxygens (including phenoxy) is 1. The molecule has 4 nitrogen and oxygen atoms in total. The minimum Gasteiger partial charge on any atom is -0.466 e. The van der Waals surface area contributed by atoms with Gasteiger partial charge in [-0.15, -0.1) is 11.8 Å². The number of esters is 1. The zero-order chi connectivity index (χ0) is 22.3. The smallest absolute Gasteiger partial charge is 0.305 e. The van der Waals surface area contributed by atoms with E-state index in [4.69, 9.17) is 7.48 Å². The number of hydrogen-bond acceptors (Lipinski definition) is 4. The van der Waals surface area contributed by atoms with E-state index in [0.717, 1.165) is 19.3 Å². The summed E-state index contributed by atoms with van der Waals surface area (Å²) in [6.07, 6.45) is 6.15. The summed E-state index contributed by atoms with van der Waals surface area (Å²) in [5.41, 5.74) is 1.20. The monoisotopic (exact) mass is 390 g/mol. The predicted octanol–water partition coefficient (Wildman–Crippen LogP) is 4.02. The fraction of sp³-hybridized carbons (Fsp3) is 0.708. The van der Waals surface area contributed by atoms with Crippen molar-refractivity contribution in [2.24, 2.45) is 23.7 Å². The van der Waals surface area contributed by atoms with Crippen LogP contribution in [-0.2, 0) is 9.53 Å². The Morgan fingerprint density at radius 1 is 1.46 bits per heavy atom. The minimum atomic E-state index is -1.61. The van der Waals surface area contributed by atoms with E-state index in [1.807, 2.05) is 19.1 Å². The van der Waals surface area contributed by atoms with E-state index in [-0.39, 0.29) is 31.3 Å². The van der Waals surface area contributed by atoms with Crippen LogP contribution in [0.1, 0.15) is 68.4 Å². The van der Waals surface area contributed by atoms with Gasteiger partial charge in [0.05, 0.1) is 18.8 Å². The number of rotatable bonds is 9. The highest BCUT2D eigenvalue weighted by atomic mass is 16.5. The molecule has 0 spiro atoms.